The van der Waals surface area contributed by atoms with E-state index in [1.165, 1.54) is 12.8 Å². The lowest BCUT2D eigenvalue weighted by atomic mass is 10.2. The van der Waals surface area contributed by atoms with Gasteiger partial charge in [-0.2, -0.15) is 5.10 Å². The molecule has 2 amide bonds. The maximum atomic E-state index is 12.3. The summed E-state index contributed by atoms with van der Waals surface area (Å²) >= 11 is 0. The van der Waals surface area contributed by atoms with E-state index < -0.39 is 0 Å². The Morgan fingerprint density at radius 3 is 2.81 bits per heavy atom. The second-order valence-corrected chi connectivity index (χ2v) is 5.69. The first kappa shape index (κ1) is 15.8. The van der Waals surface area contributed by atoms with Gasteiger partial charge in [0.2, 0.25) is 0 Å². The third kappa shape index (κ3) is 3.97. The highest BCUT2D eigenvalue weighted by Gasteiger charge is 2.22. The molecule has 1 aromatic heterocycles. The summed E-state index contributed by atoms with van der Waals surface area (Å²) in [6.45, 7) is 4.94. The fraction of sp³-hybridized carbons (Fsp3) is 0.733. The van der Waals surface area contributed by atoms with E-state index in [4.69, 9.17) is 5.11 Å². The number of carbonyl (C=O) groups excluding carboxylic acids is 1. The van der Waals surface area contributed by atoms with Crippen molar-refractivity contribution in [2.24, 2.45) is 0 Å². The summed E-state index contributed by atoms with van der Waals surface area (Å²) in [5.41, 5.74) is 0.918. The molecule has 0 spiro atoms. The Bertz CT molecular complexity index is 460. The van der Waals surface area contributed by atoms with Crippen LogP contribution in [0.25, 0.3) is 0 Å². The average molecular weight is 294 g/mol. The predicted molar refractivity (Wildman–Crippen MR) is 82.4 cm³/mol. The fourth-order valence-corrected chi connectivity index (χ4v) is 2.93. The SMILES string of the molecule is CCCN(CCO)C(=O)Nc1cc(C)nn1C1CCCC1. The summed E-state index contributed by atoms with van der Waals surface area (Å²) in [4.78, 5) is 14.0. The Morgan fingerprint density at radius 2 is 2.19 bits per heavy atom. The minimum atomic E-state index is -0.162. The van der Waals surface area contributed by atoms with Crippen molar-refractivity contribution < 1.29 is 9.90 Å². The van der Waals surface area contributed by atoms with Crippen molar-refractivity contribution in [2.45, 2.75) is 52.0 Å². The molecule has 1 fully saturated rings. The smallest absolute Gasteiger partial charge is 0.323 e. The van der Waals surface area contributed by atoms with Crippen LogP contribution in [-0.4, -0.2) is 45.5 Å². The molecule has 21 heavy (non-hydrogen) atoms. The molecule has 2 N–H and O–H groups in total. The molecule has 118 valence electrons. The quantitative estimate of drug-likeness (QED) is 0.847. The predicted octanol–water partition coefficient (Wildman–Crippen LogP) is 2.54. The van der Waals surface area contributed by atoms with Gasteiger partial charge in [-0.15, -0.1) is 0 Å². The maximum absolute atomic E-state index is 12.3. The number of aryl methyl sites for hydroxylation is 1. The van der Waals surface area contributed by atoms with Gasteiger partial charge < -0.3 is 10.0 Å². The first-order valence-corrected chi connectivity index (χ1v) is 7.88. The Balaban J connectivity index is 2.08. The highest BCUT2D eigenvalue weighted by molar-refractivity contribution is 5.88. The van der Waals surface area contributed by atoms with Crippen LogP contribution in [0.4, 0.5) is 10.6 Å². The first-order valence-electron chi connectivity index (χ1n) is 7.88. The number of urea groups is 1. The second-order valence-electron chi connectivity index (χ2n) is 5.69. The van der Waals surface area contributed by atoms with E-state index in [0.717, 1.165) is 30.8 Å². The monoisotopic (exact) mass is 294 g/mol. The third-order valence-electron chi connectivity index (χ3n) is 3.91. The summed E-state index contributed by atoms with van der Waals surface area (Å²) in [7, 11) is 0. The molecule has 1 saturated carbocycles. The summed E-state index contributed by atoms with van der Waals surface area (Å²) in [6, 6.07) is 2.15. The fourth-order valence-electron chi connectivity index (χ4n) is 2.93. The van der Waals surface area contributed by atoms with Gasteiger partial charge >= 0.3 is 6.03 Å². The zero-order valence-electron chi connectivity index (χ0n) is 13.0. The van der Waals surface area contributed by atoms with Crippen molar-refractivity contribution >= 4 is 11.8 Å². The summed E-state index contributed by atoms with van der Waals surface area (Å²) < 4.78 is 1.96. The van der Waals surface area contributed by atoms with Crippen LogP contribution < -0.4 is 5.32 Å². The Kier molecular flexibility index (Phi) is 5.61. The van der Waals surface area contributed by atoms with Crippen LogP contribution in [0.5, 0.6) is 0 Å². The number of hydrogen-bond acceptors (Lipinski definition) is 3. The van der Waals surface area contributed by atoms with Crippen molar-refractivity contribution in [3.8, 4) is 0 Å². The summed E-state index contributed by atoms with van der Waals surface area (Å²) in [5.74, 6) is 0.767. The van der Waals surface area contributed by atoms with E-state index in [0.29, 0.717) is 19.1 Å². The topological polar surface area (TPSA) is 70.4 Å². The third-order valence-corrected chi connectivity index (χ3v) is 3.91. The molecule has 1 heterocycles. The van der Waals surface area contributed by atoms with E-state index in [1.54, 1.807) is 4.90 Å². The van der Waals surface area contributed by atoms with Crippen LogP contribution in [-0.2, 0) is 0 Å². The molecule has 6 nitrogen and oxygen atoms in total. The lowest BCUT2D eigenvalue weighted by Crippen LogP contribution is -2.38. The van der Waals surface area contributed by atoms with E-state index in [9.17, 15) is 4.79 Å². The van der Waals surface area contributed by atoms with Crippen LogP contribution in [0.15, 0.2) is 6.07 Å². The van der Waals surface area contributed by atoms with Crippen molar-refractivity contribution in [1.29, 1.82) is 0 Å². The number of amides is 2. The normalized spacial score (nSPS) is 15.4. The number of hydrogen-bond donors (Lipinski definition) is 2. The average Bonchev–Trinajstić information content (AvgIpc) is 3.08. The lowest BCUT2D eigenvalue weighted by Gasteiger charge is -2.22. The van der Waals surface area contributed by atoms with Gasteiger partial charge in [-0.05, 0) is 26.2 Å². The molecular weight excluding hydrogens is 268 g/mol. The molecule has 1 aromatic rings. The van der Waals surface area contributed by atoms with Gasteiger partial charge in [0.15, 0.2) is 0 Å². The van der Waals surface area contributed by atoms with Gasteiger partial charge in [-0.1, -0.05) is 19.8 Å². The Hall–Kier alpha value is -1.56. The number of carbonyl (C=O) groups is 1. The molecule has 2 rings (SSSR count). The van der Waals surface area contributed by atoms with Crippen LogP contribution in [0.3, 0.4) is 0 Å². The molecular formula is C15H26N4O2. The number of anilines is 1. The van der Waals surface area contributed by atoms with Crippen LogP contribution in [0.1, 0.15) is 50.8 Å². The number of nitrogens with one attached hydrogen (secondary N) is 1. The summed E-state index contributed by atoms with van der Waals surface area (Å²) in [5, 5.41) is 16.6. The summed E-state index contributed by atoms with van der Waals surface area (Å²) in [6.07, 6.45) is 5.57. The molecule has 0 unspecified atom stereocenters. The molecule has 0 radical (unpaired) electrons. The van der Waals surface area contributed by atoms with Crippen LogP contribution in [0, 0.1) is 6.92 Å². The number of nitrogens with zero attached hydrogens (tertiary/aromatic N) is 3. The molecule has 1 aliphatic carbocycles. The van der Waals surface area contributed by atoms with Gasteiger partial charge in [0.05, 0.1) is 18.3 Å². The van der Waals surface area contributed by atoms with E-state index in [2.05, 4.69) is 10.4 Å². The molecule has 1 aliphatic rings. The highest BCUT2D eigenvalue weighted by Crippen LogP contribution is 2.31. The maximum Gasteiger partial charge on any atom is 0.323 e. The molecule has 0 bridgehead atoms. The molecule has 0 aromatic carbocycles. The Morgan fingerprint density at radius 1 is 1.48 bits per heavy atom. The molecule has 0 aliphatic heterocycles. The number of rotatable bonds is 6. The van der Waals surface area contributed by atoms with Crippen LogP contribution >= 0.6 is 0 Å². The first-order chi connectivity index (χ1) is 10.2. The van der Waals surface area contributed by atoms with E-state index in [1.807, 2.05) is 24.6 Å². The minimum Gasteiger partial charge on any atom is -0.395 e. The van der Waals surface area contributed by atoms with Gasteiger partial charge in [-0.3, -0.25) is 5.32 Å². The van der Waals surface area contributed by atoms with Crippen molar-refractivity contribution in [3.05, 3.63) is 11.8 Å². The minimum absolute atomic E-state index is 0.0195. The number of aliphatic hydroxyl groups excluding tert-OH is 1. The van der Waals surface area contributed by atoms with Gasteiger partial charge in [0.1, 0.15) is 5.82 Å². The van der Waals surface area contributed by atoms with E-state index in [-0.39, 0.29) is 12.6 Å². The van der Waals surface area contributed by atoms with Crippen molar-refractivity contribution in [1.82, 2.24) is 14.7 Å². The van der Waals surface area contributed by atoms with Gasteiger partial charge in [-0.25, -0.2) is 9.48 Å². The molecule has 6 heteroatoms. The molecule has 0 saturated heterocycles. The highest BCUT2D eigenvalue weighted by atomic mass is 16.3. The van der Waals surface area contributed by atoms with Gasteiger partial charge in [0.25, 0.3) is 0 Å². The van der Waals surface area contributed by atoms with Crippen LogP contribution in [0.2, 0.25) is 0 Å². The van der Waals surface area contributed by atoms with E-state index >= 15 is 0 Å². The number of aliphatic hydroxyl groups is 1. The largest absolute Gasteiger partial charge is 0.395 e. The lowest BCUT2D eigenvalue weighted by molar-refractivity contribution is 0.188. The van der Waals surface area contributed by atoms with Crippen molar-refractivity contribution in [3.63, 3.8) is 0 Å². The zero-order chi connectivity index (χ0) is 15.2. The molecule has 0 atom stereocenters. The standard InChI is InChI=1S/C15H26N4O2/c1-3-8-18(9-10-20)15(21)16-14-11-12(2)17-19(14)13-6-4-5-7-13/h11,13,20H,3-10H2,1-2H3,(H,16,21). The zero-order valence-corrected chi connectivity index (χ0v) is 13.0. The number of aromatic nitrogens is 2. The Labute approximate surface area is 126 Å². The second kappa shape index (κ2) is 7.45. The van der Waals surface area contributed by atoms with Crippen molar-refractivity contribution in [2.75, 3.05) is 25.0 Å². The van der Waals surface area contributed by atoms with Gasteiger partial charge in [0, 0.05) is 19.2 Å².